The Kier molecular flexibility index (Phi) is 4.09. The molecule has 0 bridgehead atoms. The molecule has 0 saturated heterocycles. The van der Waals surface area contributed by atoms with Gasteiger partial charge in [-0.2, -0.15) is 0 Å². The summed E-state index contributed by atoms with van der Waals surface area (Å²) in [5, 5.41) is 0. The van der Waals surface area contributed by atoms with Gasteiger partial charge < -0.3 is 10.5 Å². The maximum absolute atomic E-state index is 5.60. The summed E-state index contributed by atoms with van der Waals surface area (Å²) >= 11 is 4.88. The summed E-state index contributed by atoms with van der Waals surface area (Å²) in [6.07, 6.45) is 0. The molecule has 0 radical (unpaired) electrons. The zero-order valence-corrected chi connectivity index (χ0v) is 10.2. The Hall–Kier alpha value is -1.09. The Balaban J connectivity index is 2.58. The fraction of sp³-hybridized carbons (Fsp3) is 0.417. The van der Waals surface area contributed by atoms with Gasteiger partial charge in [-0.3, -0.25) is 0 Å². The zero-order chi connectivity index (χ0) is 11.4. The number of nitrogens with two attached hydrogens (primary N) is 1. The molecule has 0 aliphatic rings. The lowest BCUT2D eigenvalue weighted by molar-refractivity contribution is 0.293. The maximum atomic E-state index is 5.60. The molecule has 0 amide bonds. The fourth-order valence-corrected chi connectivity index (χ4v) is 1.18. The molecule has 2 N–H and O–H groups in total. The molecule has 0 aliphatic heterocycles. The summed E-state index contributed by atoms with van der Waals surface area (Å²) in [7, 11) is 0. The number of benzene rings is 1. The van der Waals surface area contributed by atoms with Crippen molar-refractivity contribution < 1.29 is 4.74 Å². The first-order valence-electron chi connectivity index (χ1n) is 5.00. The zero-order valence-electron chi connectivity index (χ0n) is 9.41. The first-order valence-corrected chi connectivity index (χ1v) is 5.41. The van der Waals surface area contributed by atoms with E-state index in [1.54, 1.807) is 0 Å². The Labute approximate surface area is 96.4 Å². The molecule has 1 atom stereocenters. The molecular weight excluding hydrogens is 206 g/mol. The van der Waals surface area contributed by atoms with E-state index in [0.29, 0.717) is 11.6 Å². The van der Waals surface area contributed by atoms with Crippen LogP contribution in [-0.4, -0.2) is 11.6 Å². The van der Waals surface area contributed by atoms with Crippen molar-refractivity contribution in [3.63, 3.8) is 0 Å². The number of thiocarbonyl (C=S) groups is 1. The summed E-state index contributed by atoms with van der Waals surface area (Å²) in [4.78, 5) is 0.499. The van der Waals surface area contributed by atoms with Gasteiger partial charge >= 0.3 is 0 Å². The predicted octanol–water partition coefficient (Wildman–Crippen LogP) is 2.60. The van der Waals surface area contributed by atoms with Crippen molar-refractivity contribution >= 4 is 17.2 Å². The highest BCUT2D eigenvalue weighted by molar-refractivity contribution is 7.80. The Morgan fingerprint density at radius 3 is 2.60 bits per heavy atom. The Bertz CT molecular complexity index is 363. The Morgan fingerprint density at radius 1 is 1.40 bits per heavy atom. The molecule has 0 aromatic heterocycles. The molecule has 82 valence electrons. The van der Waals surface area contributed by atoms with E-state index in [1.165, 1.54) is 11.1 Å². The van der Waals surface area contributed by atoms with Gasteiger partial charge in [-0.15, -0.1) is 0 Å². The number of ether oxygens (including phenoxy) is 1. The molecular formula is C12H17NOS. The van der Waals surface area contributed by atoms with Crippen LogP contribution in [0.5, 0.6) is 5.75 Å². The van der Waals surface area contributed by atoms with Crippen molar-refractivity contribution in [3.05, 3.63) is 29.3 Å². The third-order valence-electron chi connectivity index (χ3n) is 2.46. The van der Waals surface area contributed by atoms with Gasteiger partial charge in [0, 0.05) is 5.92 Å². The third-order valence-corrected chi connectivity index (χ3v) is 2.87. The molecule has 1 rings (SSSR count). The minimum atomic E-state index is 0.113. The lowest BCUT2D eigenvalue weighted by Crippen LogP contribution is -2.24. The van der Waals surface area contributed by atoms with Crippen LogP contribution >= 0.6 is 12.2 Å². The van der Waals surface area contributed by atoms with E-state index < -0.39 is 0 Å². The predicted molar refractivity (Wildman–Crippen MR) is 67.4 cm³/mol. The number of aryl methyl sites for hydroxylation is 2. The van der Waals surface area contributed by atoms with Crippen LogP contribution in [-0.2, 0) is 0 Å². The first-order chi connectivity index (χ1) is 7.00. The van der Waals surface area contributed by atoms with Gasteiger partial charge in [-0.05, 0) is 37.1 Å². The molecule has 0 aliphatic carbocycles. The van der Waals surface area contributed by atoms with Gasteiger partial charge in [0.05, 0.1) is 11.6 Å². The SMILES string of the molecule is Cc1ccc(OCC(C)C(N)=S)cc1C. The van der Waals surface area contributed by atoms with Crippen molar-refractivity contribution in [2.45, 2.75) is 20.8 Å². The highest BCUT2D eigenvalue weighted by Crippen LogP contribution is 2.17. The summed E-state index contributed by atoms with van der Waals surface area (Å²) < 4.78 is 5.60. The van der Waals surface area contributed by atoms with Crippen LogP contribution in [0.1, 0.15) is 18.1 Å². The standard InChI is InChI=1S/C12H17NOS/c1-8-4-5-11(6-9(8)2)14-7-10(3)12(13)15/h4-6,10H,7H2,1-3H3,(H2,13,15). The van der Waals surface area contributed by atoms with E-state index in [-0.39, 0.29) is 5.92 Å². The van der Waals surface area contributed by atoms with Gasteiger partial charge in [-0.1, -0.05) is 25.2 Å². The maximum Gasteiger partial charge on any atom is 0.119 e. The lowest BCUT2D eigenvalue weighted by Gasteiger charge is -2.12. The van der Waals surface area contributed by atoms with Crippen molar-refractivity contribution in [3.8, 4) is 5.75 Å². The van der Waals surface area contributed by atoms with Crippen molar-refractivity contribution in [1.82, 2.24) is 0 Å². The topological polar surface area (TPSA) is 35.2 Å². The Morgan fingerprint density at radius 2 is 2.07 bits per heavy atom. The molecule has 0 saturated carbocycles. The van der Waals surface area contributed by atoms with Gasteiger partial charge in [0.1, 0.15) is 5.75 Å². The second-order valence-corrected chi connectivity index (χ2v) is 4.33. The number of hydrogen-bond donors (Lipinski definition) is 1. The highest BCUT2D eigenvalue weighted by Gasteiger charge is 2.06. The number of rotatable bonds is 4. The second-order valence-electron chi connectivity index (χ2n) is 3.86. The monoisotopic (exact) mass is 223 g/mol. The van der Waals surface area contributed by atoms with Crippen LogP contribution in [0, 0.1) is 19.8 Å². The van der Waals surface area contributed by atoms with Crippen molar-refractivity contribution in [1.29, 1.82) is 0 Å². The quantitative estimate of drug-likeness (QED) is 0.797. The van der Waals surface area contributed by atoms with Crippen molar-refractivity contribution in [2.24, 2.45) is 11.7 Å². The summed E-state index contributed by atoms with van der Waals surface area (Å²) in [6, 6.07) is 6.05. The largest absolute Gasteiger partial charge is 0.493 e. The molecule has 0 fully saturated rings. The van der Waals surface area contributed by atoms with E-state index in [9.17, 15) is 0 Å². The molecule has 1 aromatic carbocycles. The second kappa shape index (κ2) is 5.12. The van der Waals surface area contributed by atoms with Gasteiger partial charge in [0.25, 0.3) is 0 Å². The lowest BCUT2D eigenvalue weighted by atomic mass is 10.1. The van der Waals surface area contributed by atoms with Gasteiger partial charge in [0.15, 0.2) is 0 Å². The molecule has 1 unspecified atom stereocenters. The molecule has 1 aromatic rings. The average molecular weight is 223 g/mol. The van der Waals surface area contributed by atoms with E-state index >= 15 is 0 Å². The first kappa shape index (κ1) is 12.0. The van der Waals surface area contributed by atoms with Crippen LogP contribution in [0.3, 0.4) is 0 Å². The van der Waals surface area contributed by atoms with Crippen LogP contribution in [0.15, 0.2) is 18.2 Å². The fourth-order valence-electron chi connectivity index (χ4n) is 1.11. The molecule has 0 spiro atoms. The summed E-state index contributed by atoms with van der Waals surface area (Å²) in [6.45, 7) is 6.65. The smallest absolute Gasteiger partial charge is 0.119 e. The van der Waals surface area contributed by atoms with E-state index in [1.807, 2.05) is 19.1 Å². The summed E-state index contributed by atoms with van der Waals surface area (Å²) in [5.74, 6) is 0.989. The van der Waals surface area contributed by atoms with Gasteiger partial charge in [-0.25, -0.2) is 0 Å². The average Bonchev–Trinajstić information content (AvgIpc) is 2.19. The summed E-state index contributed by atoms with van der Waals surface area (Å²) in [5.41, 5.74) is 8.01. The van der Waals surface area contributed by atoms with Crippen LogP contribution in [0.25, 0.3) is 0 Å². The van der Waals surface area contributed by atoms with E-state index in [0.717, 1.165) is 5.75 Å². The minimum Gasteiger partial charge on any atom is -0.493 e. The number of hydrogen-bond acceptors (Lipinski definition) is 2. The molecule has 2 nitrogen and oxygen atoms in total. The van der Waals surface area contributed by atoms with Crippen LogP contribution in [0.4, 0.5) is 0 Å². The highest BCUT2D eigenvalue weighted by atomic mass is 32.1. The van der Waals surface area contributed by atoms with Gasteiger partial charge in [0.2, 0.25) is 0 Å². The molecule has 15 heavy (non-hydrogen) atoms. The van der Waals surface area contributed by atoms with Crippen LogP contribution < -0.4 is 10.5 Å². The van der Waals surface area contributed by atoms with E-state index in [2.05, 4.69) is 19.9 Å². The normalized spacial score (nSPS) is 12.2. The minimum absolute atomic E-state index is 0.113. The van der Waals surface area contributed by atoms with E-state index in [4.69, 9.17) is 22.7 Å². The van der Waals surface area contributed by atoms with Crippen molar-refractivity contribution in [2.75, 3.05) is 6.61 Å². The third kappa shape index (κ3) is 3.51. The molecule has 0 heterocycles. The molecule has 3 heteroatoms. The van der Waals surface area contributed by atoms with Crippen LogP contribution in [0.2, 0.25) is 0 Å².